The molecule has 0 heteroatoms. The summed E-state index contributed by atoms with van der Waals surface area (Å²) in [6, 6.07) is 0. The second kappa shape index (κ2) is 14.0. The van der Waals surface area contributed by atoms with Gasteiger partial charge in [-0.15, -0.1) is 0 Å². The molecule has 2 aliphatic carbocycles. The van der Waals surface area contributed by atoms with Gasteiger partial charge in [0.1, 0.15) is 0 Å². The average Bonchev–Trinajstić information content (AvgIpc) is 2.93. The van der Waals surface area contributed by atoms with Gasteiger partial charge in [0.05, 0.1) is 0 Å². The molecule has 2 aliphatic rings. The molecule has 0 amide bonds. The summed E-state index contributed by atoms with van der Waals surface area (Å²) in [6.07, 6.45) is 23.3. The predicted octanol–water partition coefficient (Wildman–Crippen LogP) is 12.0. The lowest BCUT2D eigenvalue weighted by Gasteiger charge is -2.41. The van der Waals surface area contributed by atoms with E-state index in [1.807, 2.05) is 0 Å². The number of hydrogen-bond acceptors (Lipinski definition) is 0. The van der Waals surface area contributed by atoms with Crippen LogP contribution >= 0.6 is 0 Å². The molecule has 4 rings (SSSR count). The Morgan fingerprint density at radius 3 is 1.00 bits per heavy atom. The van der Waals surface area contributed by atoms with Gasteiger partial charge in [0.15, 0.2) is 0 Å². The monoisotopic (exact) mass is 571 g/mol. The smallest absolute Gasteiger partial charge is 0.00140 e. The lowest BCUT2D eigenvalue weighted by molar-refractivity contribution is 0.531. The van der Waals surface area contributed by atoms with Crippen molar-refractivity contribution >= 4 is 0 Å². The highest BCUT2D eigenvalue weighted by Crippen LogP contribution is 2.49. The van der Waals surface area contributed by atoms with Gasteiger partial charge in [-0.25, -0.2) is 0 Å². The molecule has 0 bridgehead atoms. The zero-order valence-electron chi connectivity index (χ0n) is 29.7. The van der Waals surface area contributed by atoms with Crippen LogP contribution in [0.1, 0.15) is 200 Å². The Balaban J connectivity index is 2.11. The van der Waals surface area contributed by atoms with E-state index in [0.717, 1.165) is 0 Å². The van der Waals surface area contributed by atoms with Crippen molar-refractivity contribution in [1.82, 2.24) is 0 Å². The molecule has 0 aromatic heterocycles. The van der Waals surface area contributed by atoms with Crippen molar-refractivity contribution in [2.75, 3.05) is 0 Å². The van der Waals surface area contributed by atoms with Crippen LogP contribution in [0.4, 0.5) is 0 Å². The highest BCUT2D eigenvalue weighted by molar-refractivity contribution is 5.65. The zero-order chi connectivity index (χ0) is 30.7. The van der Waals surface area contributed by atoms with Crippen molar-refractivity contribution in [3.05, 3.63) is 66.8 Å². The van der Waals surface area contributed by atoms with E-state index < -0.39 is 0 Å². The molecule has 234 valence electrons. The van der Waals surface area contributed by atoms with Gasteiger partial charge in [-0.3, -0.25) is 0 Å². The van der Waals surface area contributed by atoms with Gasteiger partial charge in [-0.05, 0) is 167 Å². The molecule has 2 aromatic rings. The second-order valence-corrected chi connectivity index (χ2v) is 16.0. The molecule has 42 heavy (non-hydrogen) atoms. The molecule has 0 atom stereocenters. The van der Waals surface area contributed by atoms with Crippen LogP contribution < -0.4 is 0 Å². The largest absolute Gasteiger partial charge is 0.0654 e. The molecule has 0 unspecified atom stereocenters. The van der Waals surface area contributed by atoms with Gasteiger partial charge in [0.25, 0.3) is 0 Å². The summed E-state index contributed by atoms with van der Waals surface area (Å²) >= 11 is 0. The van der Waals surface area contributed by atoms with Crippen molar-refractivity contribution in [3.63, 3.8) is 0 Å². The van der Waals surface area contributed by atoms with Crippen LogP contribution in [0.5, 0.6) is 0 Å². The third-order valence-corrected chi connectivity index (χ3v) is 10.6. The highest BCUT2D eigenvalue weighted by Gasteiger charge is 2.37. The van der Waals surface area contributed by atoms with Crippen LogP contribution in [0, 0.1) is 0 Å². The summed E-state index contributed by atoms with van der Waals surface area (Å²) < 4.78 is 0. The summed E-state index contributed by atoms with van der Waals surface area (Å²) in [7, 11) is 0. The second-order valence-electron chi connectivity index (χ2n) is 16.0. The van der Waals surface area contributed by atoms with Crippen molar-refractivity contribution in [2.24, 2.45) is 0 Å². The van der Waals surface area contributed by atoms with Crippen LogP contribution in [0.15, 0.2) is 0 Å². The van der Waals surface area contributed by atoms with Gasteiger partial charge >= 0.3 is 0 Å². The van der Waals surface area contributed by atoms with Crippen LogP contribution in [0.2, 0.25) is 0 Å². The molecule has 0 saturated heterocycles. The number of rotatable bonds is 12. The molecule has 0 heterocycles. The van der Waals surface area contributed by atoms with E-state index in [2.05, 4.69) is 69.2 Å². The average molecular weight is 571 g/mol. The van der Waals surface area contributed by atoms with Gasteiger partial charge in [0.2, 0.25) is 0 Å². The Morgan fingerprint density at radius 2 is 0.714 bits per heavy atom. The van der Waals surface area contributed by atoms with Crippen molar-refractivity contribution < 1.29 is 0 Å². The highest BCUT2D eigenvalue weighted by atomic mass is 14.4. The Morgan fingerprint density at radius 1 is 0.405 bits per heavy atom. The normalized spacial score (nSPS) is 15.0. The quantitative estimate of drug-likeness (QED) is 0.203. The minimum absolute atomic E-state index is 0.181. The summed E-state index contributed by atoms with van der Waals surface area (Å²) in [5.41, 5.74) is 21.6. The van der Waals surface area contributed by atoms with Crippen molar-refractivity contribution in [3.8, 4) is 0 Å². The van der Waals surface area contributed by atoms with Gasteiger partial charge in [0, 0.05) is 0 Å². The Labute approximate surface area is 261 Å². The van der Waals surface area contributed by atoms with E-state index in [1.165, 1.54) is 116 Å². The maximum atomic E-state index is 2.51. The van der Waals surface area contributed by atoms with Crippen LogP contribution in [0.3, 0.4) is 0 Å². The lowest BCUT2D eigenvalue weighted by Crippen LogP contribution is -2.31. The summed E-state index contributed by atoms with van der Waals surface area (Å²) in [5.74, 6) is 0. The number of unbranched alkanes of at least 4 members (excludes halogenated alkanes) is 4. The van der Waals surface area contributed by atoms with Gasteiger partial charge in [-0.1, -0.05) is 94.9 Å². The third-order valence-electron chi connectivity index (χ3n) is 10.6. The first-order valence-corrected chi connectivity index (χ1v) is 18.4. The fraction of sp³-hybridized carbons (Fsp3) is 0.714. The van der Waals surface area contributed by atoms with Crippen LogP contribution in [0.25, 0.3) is 0 Å². The standard InChI is InChI=1S/C42H66/c1-11-15-21-29-30(22-16-12-2)32(24-18-14-4)36-28-38-37(27-35(36)31(29)23-17-13-3)39(41(5,6)7)33-25-19-20-26-34(33)40(38)42(8,9)10/h11-28H2,1-10H3. The first kappa shape index (κ1) is 33.3. The van der Waals surface area contributed by atoms with E-state index in [-0.39, 0.29) is 10.8 Å². The SMILES string of the molecule is CCCCc1c(CCCC)c(CCCC)c2c(c1CCCC)Cc1c(c(C(C)(C)C)c3c(c1C(C)(C)C)CCCC3)C2. The third kappa shape index (κ3) is 6.74. The maximum Gasteiger partial charge on any atom is -0.00140 e. The first-order valence-electron chi connectivity index (χ1n) is 18.4. The lowest BCUT2D eigenvalue weighted by atomic mass is 9.63. The number of fused-ring (bicyclic) bond motifs is 3. The molecular weight excluding hydrogens is 504 g/mol. The topological polar surface area (TPSA) is 0 Å². The number of hydrogen-bond donors (Lipinski definition) is 0. The molecule has 0 N–H and O–H groups in total. The molecular formula is C42H66. The molecule has 0 radical (unpaired) electrons. The minimum atomic E-state index is 0.181. The van der Waals surface area contributed by atoms with Crippen molar-refractivity contribution in [1.29, 1.82) is 0 Å². The van der Waals surface area contributed by atoms with Crippen LogP contribution in [-0.4, -0.2) is 0 Å². The summed E-state index contributed by atoms with van der Waals surface area (Å²) in [5, 5.41) is 0. The Kier molecular flexibility index (Phi) is 11.1. The van der Waals surface area contributed by atoms with Crippen molar-refractivity contribution in [2.45, 2.75) is 196 Å². The first-order chi connectivity index (χ1) is 20.0. The van der Waals surface area contributed by atoms with E-state index in [4.69, 9.17) is 0 Å². The van der Waals surface area contributed by atoms with Gasteiger partial charge < -0.3 is 0 Å². The van der Waals surface area contributed by atoms with Crippen LogP contribution in [-0.2, 0) is 62.2 Å². The van der Waals surface area contributed by atoms with E-state index in [9.17, 15) is 0 Å². The molecule has 2 aromatic carbocycles. The maximum absolute atomic E-state index is 2.51. The Bertz CT molecular complexity index is 1130. The number of benzene rings is 2. The fourth-order valence-corrected chi connectivity index (χ4v) is 8.82. The minimum Gasteiger partial charge on any atom is -0.0654 e. The van der Waals surface area contributed by atoms with E-state index in [1.54, 1.807) is 66.8 Å². The molecule has 0 aliphatic heterocycles. The summed E-state index contributed by atoms with van der Waals surface area (Å²) in [4.78, 5) is 0. The molecule has 0 nitrogen and oxygen atoms in total. The molecule has 0 spiro atoms. The molecule has 0 saturated carbocycles. The van der Waals surface area contributed by atoms with E-state index >= 15 is 0 Å². The summed E-state index contributed by atoms with van der Waals surface area (Å²) in [6.45, 7) is 24.6. The van der Waals surface area contributed by atoms with Gasteiger partial charge in [-0.2, -0.15) is 0 Å². The Hall–Kier alpha value is -1.56. The van der Waals surface area contributed by atoms with E-state index in [0.29, 0.717) is 0 Å². The predicted molar refractivity (Wildman–Crippen MR) is 187 cm³/mol. The zero-order valence-corrected chi connectivity index (χ0v) is 29.7. The fourth-order valence-electron chi connectivity index (χ4n) is 8.82. The molecule has 0 fully saturated rings.